The third-order valence-electron chi connectivity index (χ3n) is 3.64. The number of rotatable bonds is 6. The van der Waals surface area contributed by atoms with Gasteiger partial charge in [-0.1, -0.05) is 40.9 Å². The second-order valence-electron chi connectivity index (χ2n) is 5.59. The van der Waals surface area contributed by atoms with Crippen molar-refractivity contribution in [3.8, 4) is 0 Å². The number of para-hydroxylation sites is 1. The highest BCUT2D eigenvalue weighted by Crippen LogP contribution is 2.29. The maximum atomic E-state index is 12.3. The molecule has 0 saturated heterocycles. The molecule has 2 amide bonds. The quantitative estimate of drug-likeness (QED) is 0.749. The molecular weight excluding hydrogens is 399 g/mol. The monoisotopic (exact) mass is 414 g/mol. The van der Waals surface area contributed by atoms with E-state index in [9.17, 15) is 9.59 Å². The van der Waals surface area contributed by atoms with Crippen LogP contribution in [0.5, 0.6) is 0 Å². The van der Waals surface area contributed by atoms with Crippen molar-refractivity contribution >= 4 is 58.1 Å². The number of nitrogens with zero attached hydrogens (tertiary/aromatic N) is 2. The fourth-order valence-electron chi connectivity index (χ4n) is 2.04. The van der Waals surface area contributed by atoms with E-state index in [4.69, 9.17) is 34.8 Å². The molecule has 0 fully saturated rings. The second-order valence-corrected chi connectivity index (χ2v) is 6.84. The van der Waals surface area contributed by atoms with Crippen LogP contribution in [-0.4, -0.2) is 41.3 Å². The summed E-state index contributed by atoms with van der Waals surface area (Å²) < 4.78 is 0. The largest absolute Gasteiger partial charge is 0.322 e. The summed E-state index contributed by atoms with van der Waals surface area (Å²) in [4.78, 5) is 30.1. The first-order chi connectivity index (χ1) is 12.3. The zero-order valence-corrected chi connectivity index (χ0v) is 16.4. The Morgan fingerprint density at radius 1 is 1.12 bits per heavy atom. The third kappa shape index (κ3) is 5.57. The number of halogens is 3. The minimum Gasteiger partial charge on any atom is -0.322 e. The molecule has 0 saturated carbocycles. The highest BCUT2D eigenvalue weighted by Gasteiger charge is 2.21. The zero-order valence-electron chi connectivity index (χ0n) is 14.1. The van der Waals surface area contributed by atoms with Crippen molar-refractivity contribution < 1.29 is 9.59 Å². The molecule has 0 aliphatic carbocycles. The van der Waals surface area contributed by atoms with Crippen molar-refractivity contribution in [3.05, 3.63) is 51.6 Å². The van der Waals surface area contributed by atoms with Gasteiger partial charge in [-0.2, -0.15) is 0 Å². The van der Waals surface area contributed by atoms with Crippen LogP contribution in [0.2, 0.25) is 15.1 Å². The highest BCUT2D eigenvalue weighted by atomic mass is 35.5. The van der Waals surface area contributed by atoms with Gasteiger partial charge < -0.3 is 10.6 Å². The van der Waals surface area contributed by atoms with Crippen molar-refractivity contribution in [3.63, 3.8) is 0 Å². The summed E-state index contributed by atoms with van der Waals surface area (Å²) in [6, 6.07) is 7.59. The van der Waals surface area contributed by atoms with Gasteiger partial charge in [-0.25, -0.2) is 4.98 Å². The predicted molar refractivity (Wildman–Crippen MR) is 105 cm³/mol. The minimum atomic E-state index is -0.569. The van der Waals surface area contributed by atoms with Crippen LogP contribution in [0.1, 0.15) is 6.92 Å². The van der Waals surface area contributed by atoms with E-state index in [0.717, 1.165) is 0 Å². The van der Waals surface area contributed by atoms with E-state index in [1.165, 1.54) is 6.20 Å². The molecule has 1 aromatic heterocycles. The van der Waals surface area contributed by atoms with Gasteiger partial charge in [-0.15, -0.1) is 0 Å². The highest BCUT2D eigenvalue weighted by molar-refractivity contribution is 6.39. The summed E-state index contributed by atoms with van der Waals surface area (Å²) in [5.41, 5.74) is 0.344. The topological polar surface area (TPSA) is 74.3 Å². The van der Waals surface area contributed by atoms with Crippen molar-refractivity contribution in [2.75, 3.05) is 24.2 Å². The van der Waals surface area contributed by atoms with Crippen molar-refractivity contribution in [2.45, 2.75) is 13.0 Å². The molecule has 2 rings (SSSR count). The van der Waals surface area contributed by atoms with Crippen LogP contribution in [0.15, 0.2) is 36.5 Å². The van der Waals surface area contributed by atoms with E-state index in [1.807, 2.05) is 0 Å². The number of carbonyl (C=O) groups excluding carboxylic acids is 2. The van der Waals surface area contributed by atoms with Gasteiger partial charge in [0.05, 0.1) is 33.3 Å². The van der Waals surface area contributed by atoms with Gasteiger partial charge in [0, 0.05) is 6.20 Å². The lowest BCUT2D eigenvalue weighted by atomic mass is 10.2. The molecule has 0 bridgehead atoms. The Labute approximate surface area is 166 Å². The third-order valence-corrected chi connectivity index (χ3v) is 4.49. The Bertz CT molecular complexity index is 779. The molecule has 2 aromatic rings. The Morgan fingerprint density at radius 2 is 1.77 bits per heavy atom. The summed E-state index contributed by atoms with van der Waals surface area (Å²) in [5.74, 6) is -0.260. The van der Waals surface area contributed by atoms with Crippen LogP contribution >= 0.6 is 34.8 Å². The smallest absolute Gasteiger partial charge is 0.242 e. The van der Waals surface area contributed by atoms with Gasteiger partial charge in [-0.05, 0) is 38.2 Å². The number of benzene rings is 1. The molecule has 0 spiro atoms. The van der Waals surface area contributed by atoms with Crippen LogP contribution in [-0.2, 0) is 9.59 Å². The van der Waals surface area contributed by atoms with E-state index < -0.39 is 6.04 Å². The summed E-state index contributed by atoms with van der Waals surface area (Å²) >= 11 is 17.8. The molecule has 6 nitrogen and oxygen atoms in total. The molecule has 9 heteroatoms. The summed E-state index contributed by atoms with van der Waals surface area (Å²) in [6.07, 6.45) is 1.44. The molecule has 1 atom stereocenters. The summed E-state index contributed by atoms with van der Waals surface area (Å²) in [6.45, 7) is 1.66. The lowest BCUT2D eigenvalue weighted by molar-refractivity contribution is -0.122. The number of hydrogen-bond donors (Lipinski definition) is 2. The lowest BCUT2D eigenvalue weighted by Crippen LogP contribution is -2.43. The average molecular weight is 416 g/mol. The fourth-order valence-corrected chi connectivity index (χ4v) is 2.64. The molecule has 0 aliphatic rings. The number of pyridine rings is 1. The standard InChI is InChI=1S/C17H17Cl3N4O2/c1-10(17(26)22-14-7-6-11(18)8-21-14)24(2)9-15(25)23-16-12(19)4-3-5-13(16)20/h3-8,10H,9H2,1-2H3,(H,23,25)(H,21,22,26)/t10-/m1/s1. The number of aromatic nitrogens is 1. The lowest BCUT2D eigenvalue weighted by Gasteiger charge is -2.23. The van der Waals surface area contributed by atoms with Crippen LogP contribution in [0.4, 0.5) is 11.5 Å². The molecule has 1 heterocycles. The average Bonchev–Trinajstić information content (AvgIpc) is 2.59. The van der Waals surface area contributed by atoms with E-state index in [2.05, 4.69) is 15.6 Å². The summed E-state index contributed by atoms with van der Waals surface area (Å²) in [7, 11) is 1.66. The van der Waals surface area contributed by atoms with E-state index in [0.29, 0.717) is 26.6 Å². The van der Waals surface area contributed by atoms with Crippen LogP contribution in [0, 0.1) is 0 Å². The fraction of sp³-hybridized carbons (Fsp3) is 0.235. The van der Waals surface area contributed by atoms with Crippen molar-refractivity contribution in [1.82, 2.24) is 9.88 Å². The van der Waals surface area contributed by atoms with E-state index in [1.54, 1.807) is 49.2 Å². The number of nitrogens with one attached hydrogen (secondary N) is 2. The molecule has 0 radical (unpaired) electrons. The Kier molecular flexibility index (Phi) is 7.23. The Hall–Kier alpha value is -1.86. The number of anilines is 2. The first kappa shape index (κ1) is 20.5. The number of amides is 2. The molecular formula is C17H17Cl3N4O2. The van der Waals surface area contributed by atoms with Crippen molar-refractivity contribution in [1.29, 1.82) is 0 Å². The van der Waals surface area contributed by atoms with E-state index >= 15 is 0 Å². The molecule has 138 valence electrons. The van der Waals surface area contributed by atoms with Gasteiger partial charge in [-0.3, -0.25) is 14.5 Å². The molecule has 2 N–H and O–H groups in total. The normalized spacial score (nSPS) is 11.9. The van der Waals surface area contributed by atoms with Gasteiger partial charge in [0.2, 0.25) is 11.8 Å². The number of likely N-dealkylation sites (N-methyl/N-ethyl adjacent to an activating group) is 1. The van der Waals surface area contributed by atoms with Crippen LogP contribution in [0.25, 0.3) is 0 Å². The first-order valence-electron chi connectivity index (χ1n) is 7.64. The number of carbonyl (C=O) groups is 2. The Balaban J connectivity index is 1.93. The zero-order chi connectivity index (χ0) is 19.3. The number of hydrogen-bond acceptors (Lipinski definition) is 4. The molecule has 0 aliphatic heterocycles. The first-order valence-corrected chi connectivity index (χ1v) is 8.78. The summed E-state index contributed by atoms with van der Waals surface area (Å²) in [5, 5.41) is 6.48. The molecule has 26 heavy (non-hydrogen) atoms. The van der Waals surface area contributed by atoms with Gasteiger partial charge in [0.1, 0.15) is 5.82 Å². The molecule has 1 aromatic carbocycles. The maximum absolute atomic E-state index is 12.3. The maximum Gasteiger partial charge on any atom is 0.242 e. The van der Waals surface area contributed by atoms with Crippen LogP contribution in [0.3, 0.4) is 0 Å². The van der Waals surface area contributed by atoms with Gasteiger partial charge >= 0.3 is 0 Å². The van der Waals surface area contributed by atoms with E-state index in [-0.39, 0.29) is 18.4 Å². The minimum absolute atomic E-state index is 0.0236. The molecule has 0 unspecified atom stereocenters. The Morgan fingerprint density at radius 3 is 2.35 bits per heavy atom. The second kappa shape index (κ2) is 9.19. The van der Waals surface area contributed by atoms with Crippen LogP contribution < -0.4 is 10.6 Å². The van der Waals surface area contributed by atoms with Crippen molar-refractivity contribution in [2.24, 2.45) is 0 Å². The van der Waals surface area contributed by atoms with Gasteiger partial charge in [0.25, 0.3) is 0 Å². The SMILES string of the molecule is C[C@H](C(=O)Nc1ccc(Cl)cn1)N(C)CC(=O)Nc1c(Cl)cccc1Cl. The van der Waals surface area contributed by atoms with Gasteiger partial charge in [0.15, 0.2) is 0 Å². The predicted octanol–water partition coefficient (Wildman–Crippen LogP) is 3.94.